The first-order valence-electron chi connectivity index (χ1n) is 16.1. The van der Waals surface area contributed by atoms with Crippen LogP contribution in [0.2, 0.25) is 0 Å². The van der Waals surface area contributed by atoms with Crippen LogP contribution in [0, 0.1) is 0 Å². The molecule has 3 rings (SSSR count). The second-order valence-corrected chi connectivity index (χ2v) is 12.0. The zero-order valence-electron chi connectivity index (χ0n) is 28.7. The van der Waals surface area contributed by atoms with Crippen molar-refractivity contribution in [1.82, 2.24) is 0 Å². The van der Waals surface area contributed by atoms with Crippen LogP contribution in [-0.2, 0) is 30.2 Å². The molecule has 0 aliphatic rings. The van der Waals surface area contributed by atoms with Gasteiger partial charge >= 0.3 is 23.9 Å². The number of rotatable bonds is 19. The van der Waals surface area contributed by atoms with Gasteiger partial charge in [-0.2, -0.15) is 0 Å². The molecule has 264 valence electrons. The highest BCUT2D eigenvalue weighted by molar-refractivity contribution is 5.93. The summed E-state index contributed by atoms with van der Waals surface area (Å²) in [6.07, 6.45) is 4.98. The number of hydrogen-bond donors (Lipinski definition) is 1. The van der Waals surface area contributed by atoms with Crippen LogP contribution in [0.25, 0.3) is 0 Å². The maximum absolute atomic E-state index is 12.9. The van der Waals surface area contributed by atoms with Gasteiger partial charge in [0.15, 0.2) is 6.21 Å². The summed E-state index contributed by atoms with van der Waals surface area (Å²) in [5.74, 6) is -0.708. The topological polar surface area (TPSA) is 149 Å². The Balaban J connectivity index is 1.44. The molecule has 0 aliphatic heterocycles. The van der Waals surface area contributed by atoms with Crippen molar-refractivity contribution in [1.29, 1.82) is 0 Å². The molecule has 0 aromatic heterocycles. The van der Waals surface area contributed by atoms with Gasteiger partial charge in [0, 0.05) is 18.6 Å². The molecule has 50 heavy (non-hydrogen) atoms. The number of carbonyl (C=O) groups is 4. The molecule has 1 unspecified atom stereocenters. The number of hydrogen-bond acceptors (Lipinski definition) is 10. The Morgan fingerprint density at radius 1 is 0.780 bits per heavy atom. The van der Waals surface area contributed by atoms with Crippen molar-refractivity contribution in [3.63, 3.8) is 0 Å². The van der Waals surface area contributed by atoms with Crippen molar-refractivity contribution in [2.24, 2.45) is 0 Å². The van der Waals surface area contributed by atoms with E-state index in [2.05, 4.69) is 13.2 Å². The monoisotopic (exact) mass is 686 g/mol. The lowest BCUT2D eigenvalue weighted by molar-refractivity contribution is -0.153. The van der Waals surface area contributed by atoms with Crippen LogP contribution in [0.4, 0.5) is 0 Å². The van der Waals surface area contributed by atoms with Crippen molar-refractivity contribution in [3.05, 3.63) is 114 Å². The molecule has 0 aliphatic carbocycles. The number of nitrogens with two attached hydrogens (primary N) is 1. The first kappa shape index (κ1) is 38.7. The van der Waals surface area contributed by atoms with E-state index in [0.717, 1.165) is 17.7 Å². The minimum Gasteiger partial charge on any atom is -0.494 e. The Kier molecular flexibility index (Phi) is 15.0. The summed E-state index contributed by atoms with van der Waals surface area (Å²) in [7, 11) is 0. The number of esters is 4. The Hall–Kier alpha value is -5.71. The molecule has 0 fully saturated rings. The molecule has 11 heteroatoms. The molecule has 1 atom stereocenters. The summed E-state index contributed by atoms with van der Waals surface area (Å²) < 4.78 is 32.8. The van der Waals surface area contributed by atoms with Crippen LogP contribution in [0.5, 0.6) is 17.2 Å². The molecular formula is C39H44NO10+. The average molecular weight is 687 g/mol. The van der Waals surface area contributed by atoms with Crippen LogP contribution >= 0.6 is 0 Å². The Bertz CT molecular complexity index is 1640. The third-order valence-electron chi connectivity index (χ3n) is 6.90. The van der Waals surface area contributed by atoms with Gasteiger partial charge in [0.1, 0.15) is 35.6 Å². The highest BCUT2D eigenvalue weighted by atomic mass is 16.6. The van der Waals surface area contributed by atoms with E-state index in [1.807, 2.05) is 20.8 Å². The highest BCUT2D eigenvalue weighted by Crippen LogP contribution is 2.22. The molecule has 2 N–H and O–H groups in total. The maximum atomic E-state index is 12.9. The molecule has 0 radical (unpaired) electrons. The Labute approximate surface area is 292 Å². The largest absolute Gasteiger partial charge is 0.494 e. The predicted molar refractivity (Wildman–Crippen MR) is 186 cm³/mol. The van der Waals surface area contributed by atoms with Crippen LogP contribution in [0.1, 0.15) is 71.9 Å². The number of ether oxygens (including phenoxy) is 6. The van der Waals surface area contributed by atoms with Crippen LogP contribution in [0.15, 0.2) is 92.0 Å². The summed E-state index contributed by atoms with van der Waals surface area (Å²) in [6.45, 7) is 13.0. The smallest absolute Gasteiger partial charge is 0.343 e. The molecule has 0 heterocycles. The van der Waals surface area contributed by atoms with E-state index in [9.17, 15) is 19.2 Å². The first-order chi connectivity index (χ1) is 23.9. The second kappa shape index (κ2) is 19.3. The fourth-order valence-electron chi connectivity index (χ4n) is 4.47. The lowest BCUT2D eigenvalue weighted by Crippen LogP contribution is -2.30. The van der Waals surface area contributed by atoms with Crippen molar-refractivity contribution in [2.45, 2.75) is 58.2 Å². The lowest BCUT2D eigenvalue weighted by atomic mass is 10.1. The quantitative estimate of drug-likeness (QED) is 0.0454. The van der Waals surface area contributed by atoms with E-state index in [1.54, 1.807) is 66.7 Å². The molecular weight excluding hydrogens is 642 g/mol. The van der Waals surface area contributed by atoms with Gasteiger partial charge in [-0.25, -0.2) is 19.2 Å². The van der Waals surface area contributed by atoms with E-state index >= 15 is 0 Å². The zero-order chi connectivity index (χ0) is 36.5. The SMILES string of the molecule is C=CC(=O)OCC(CCCCOc1ccc(C(=O)Oc2ccc(CCOC(=O)c3ccc(OC(C)(C)C)cc3)cc2C=[NH2+])cc1)OC(=O)C=C. The predicted octanol–water partition coefficient (Wildman–Crippen LogP) is 5.04. The van der Waals surface area contributed by atoms with Gasteiger partial charge in [-0.15, -0.1) is 0 Å². The molecule has 0 bridgehead atoms. The lowest BCUT2D eigenvalue weighted by Gasteiger charge is -2.21. The molecule has 3 aromatic carbocycles. The van der Waals surface area contributed by atoms with E-state index in [1.165, 1.54) is 6.21 Å². The van der Waals surface area contributed by atoms with E-state index in [4.69, 9.17) is 33.8 Å². The molecule has 11 nitrogen and oxygen atoms in total. The van der Waals surface area contributed by atoms with Gasteiger partial charge in [0.25, 0.3) is 0 Å². The van der Waals surface area contributed by atoms with Gasteiger partial charge in [0.2, 0.25) is 0 Å². The van der Waals surface area contributed by atoms with Crippen molar-refractivity contribution >= 4 is 30.1 Å². The maximum Gasteiger partial charge on any atom is 0.343 e. The van der Waals surface area contributed by atoms with Crippen molar-refractivity contribution < 1.29 is 53.0 Å². The van der Waals surface area contributed by atoms with Crippen LogP contribution in [0.3, 0.4) is 0 Å². The second-order valence-electron chi connectivity index (χ2n) is 12.0. The van der Waals surface area contributed by atoms with Gasteiger partial charge < -0.3 is 28.4 Å². The fourth-order valence-corrected chi connectivity index (χ4v) is 4.47. The molecule has 3 aromatic rings. The van der Waals surface area contributed by atoms with Gasteiger partial charge in [-0.3, -0.25) is 5.41 Å². The standard InChI is InChI=1S/C39H43NO10/c1-6-35(41)47-26-33(48-36(42)7-2)10-8-9-22-45-31-16-12-29(13-17-31)38(44)49-34-20-11-27(24-30(34)25-40)21-23-46-37(43)28-14-18-32(19-15-28)50-39(3,4)5/h6-7,11-20,24-25,33,40H,1-2,8-10,21-23,26H2,3-5H3/p+1. The molecule has 0 saturated heterocycles. The highest BCUT2D eigenvalue weighted by Gasteiger charge is 2.17. The summed E-state index contributed by atoms with van der Waals surface area (Å²) in [4.78, 5) is 48.3. The zero-order valence-corrected chi connectivity index (χ0v) is 28.7. The number of benzene rings is 3. The Morgan fingerprint density at radius 2 is 1.42 bits per heavy atom. The van der Waals surface area contributed by atoms with Crippen LogP contribution in [-0.4, -0.2) is 61.6 Å². The molecule has 0 spiro atoms. The third kappa shape index (κ3) is 13.4. The number of unbranched alkanes of at least 4 members (excludes halogenated alkanes) is 1. The third-order valence-corrected chi connectivity index (χ3v) is 6.90. The average Bonchev–Trinajstić information content (AvgIpc) is 3.10. The number of carbonyl (C=O) groups excluding carboxylic acids is 4. The van der Waals surface area contributed by atoms with Gasteiger partial charge in [0.05, 0.1) is 29.9 Å². The normalized spacial score (nSPS) is 11.3. The summed E-state index contributed by atoms with van der Waals surface area (Å²) in [5, 5.41) is 5.82. The fraction of sp³-hybridized carbons (Fsp3) is 0.308. The van der Waals surface area contributed by atoms with E-state index in [0.29, 0.717) is 60.5 Å². The summed E-state index contributed by atoms with van der Waals surface area (Å²) in [6, 6.07) is 18.5. The molecule has 0 saturated carbocycles. The first-order valence-corrected chi connectivity index (χ1v) is 16.1. The van der Waals surface area contributed by atoms with Gasteiger partial charge in [-0.05, 0) is 106 Å². The van der Waals surface area contributed by atoms with Crippen molar-refractivity contribution in [2.75, 3.05) is 19.8 Å². The van der Waals surface area contributed by atoms with Crippen molar-refractivity contribution in [3.8, 4) is 17.2 Å². The van der Waals surface area contributed by atoms with E-state index in [-0.39, 0.29) is 24.6 Å². The van der Waals surface area contributed by atoms with Gasteiger partial charge in [-0.1, -0.05) is 19.2 Å². The summed E-state index contributed by atoms with van der Waals surface area (Å²) in [5.41, 5.74) is 1.75. The Morgan fingerprint density at radius 3 is 2.04 bits per heavy atom. The van der Waals surface area contributed by atoms with E-state index < -0.39 is 30.0 Å². The minimum absolute atomic E-state index is 0.0832. The minimum atomic E-state index is -0.614. The molecule has 0 amide bonds. The summed E-state index contributed by atoms with van der Waals surface area (Å²) >= 11 is 0. The van der Waals surface area contributed by atoms with Crippen LogP contribution < -0.4 is 19.6 Å².